The number of hydrogen-bond acceptors (Lipinski definition) is 6. The molecule has 0 saturated carbocycles. The number of nitro groups is 1. The van der Waals surface area contributed by atoms with E-state index in [0.29, 0.717) is 23.7 Å². The first-order valence-corrected chi connectivity index (χ1v) is 11.4. The van der Waals surface area contributed by atoms with Crippen molar-refractivity contribution < 1.29 is 19.2 Å². The Kier molecular flexibility index (Phi) is 8.71. The third-order valence-corrected chi connectivity index (χ3v) is 5.77. The molecule has 3 rings (SSSR count). The van der Waals surface area contributed by atoms with Crippen LogP contribution in [0, 0.1) is 21.4 Å². The maximum Gasteiger partial charge on any atom is 0.272 e. The molecule has 0 heterocycles. The summed E-state index contributed by atoms with van der Waals surface area (Å²) in [5.41, 5.74) is 0.848. The molecule has 11 heteroatoms. The van der Waals surface area contributed by atoms with Gasteiger partial charge in [-0.15, -0.1) is 0 Å². The second-order valence-electron chi connectivity index (χ2n) is 6.99. The summed E-state index contributed by atoms with van der Waals surface area (Å²) >= 11 is 15.4. The van der Waals surface area contributed by atoms with E-state index < -0.39 is 10.8 Å². The third kappa shape index (κ3) is 6.73. The first-order chi connectivity index (χ1) is 16.7. The Labute approximate surface area is 219 Å². The van der Waals surface area contributed by atoms with Crippen LogP contribution in [-0.2, 0) is 11.4 Å². The zero-order chi connectivity index (χ0) is 25.5. The van der Waals surface area contributed by atoms with Gasteiger partial charge in [-0.05, 0) is 41.5 Å². The van der Waals surface area contributed by atoms with E-state index in [4.69, 9.17) is 32.7 Å². The van der Waals surface area contributed by atoms with Crippen LogP contribution < -0.4 is 14.8 Å². The minimum atomic E-state index is -0.792. The minimum absolute atomic E-state index is 0.0423. The summed E-state index contributed by atoms with van der Waals surface area (Å²) in [7, 11) is 1.48. The molecule has 0 bridgehead atoms. The molecule has 0 fully saturated rings. The number of benzene rings is 3. The number of non-ortho nitro benzene ring substituents is 1. The molecule has 0 aliphatic heterocycles. The Balaban J connectivity index is 1.79. The van der Waals surface area contributed by atoms with Gasteiger partial charge in [0.15, 0.2) is 11.5 Å². The van der Waals surface area contributed by atoms with Gasteiger partial charge in [-0.1, -0.05) is 57.3 Å². The number of hydrogen-bond donors (Lipinski definition) is 1. The first kappa shape index (κ1) is 26.0. The molecule has 0 spiro atoms. The maximum absolute atomic E-state index is 12.7. The van der Waals surface area contributed by atoms with Crippen LogP contribution in [0.2, 0.25) is 10.0 Å². The van der Waals surface area contributed by atoms with Crippen molar-refractivity contribution in [1.29, 1.82) is 5.26 Å². The van der Waals surface area contributed by atoms with E-state index >= 15 is 0 Å². The Morgan fingerprint density at radius 3 is 2.37 bits per heavy atom. The van der Waals surface area contributed by atoms with Crippen LogP contribution in [0.4, 0.5) is 11.4 Å². The number of amides is 1. The molecule has 0 aliphatic rings. The molecule has 1 N–H and O–H groups in total. The molecule has 178 valence electrons. The van der Waals surface area contributed by atoms with Crippen LogP contribution in [0.1, 0.15) is 11.1 Å². The second-order valence-corrected chi connectivity index (χ2v) is 8.72. The Morgan fingerprint density at radius 2 is 1.80 bits per heavy atom. The van der Waals surface area contributed by atoms with Crippen LogP contribution in [-0.4, -0.2) is 17.9 Å². The molecule has 35 heavy (non-hydrogen) atoms. The molecule has 0 radical (unpaired) electrons. The van der Waals surface area contributed by atoms with Crippen molar-refractivity contribution >= 4 is 62.5 Å². The molecule has 3 aromatic carbocycles. The average molecular weight is 577 g/mol. The number of methoxy groups -OCH3 is 1. The fraction of sp³-hybridized carbons (Fsp3) is 0.0833. The van der Waals surface area contributed by atoms with Crippen molar-refractivity contribution in [3.63, 3.8) is 0 Å². The van der Waals surface area contributed by atoms with E-state index in [1.807, 2.05) is 30.3 Å². The van der Waals surface area contributed by atoms with Crippen molar-refractivity contribution in [2.75, 3.05) is 12.4 Å². The van der Waals surface area contributed by atoms with E-state index in [1.165, 1.54) is 13.2 Å². The number of carbonyl (C=O) groups is 1. The summed E-state index contributed by atoms with van der Waals surface area (Å²) in [6.07, 6.45) is 1.35. The summed E-state index contributed by atoms with van der Waals surface area (Å²) in [5.74, 6) is 0.106. The van der Waals surface area contributed by atoms with Gasteiger partial charge in [0.1, 0.15) is 18.2 Å². The van der Waals surface area contributed by atoms with Gasteiger partial charge in [-0.3, -0.25) is 14.9 Å². The largest absolute Gasteiger partial charge is 0.493 e. The van der Waals surface area contributed by atoms with Crippen molar-refractivity contribution in [1.82, 2.24) is 0 Å². The zero-order valence-electron chi connectivity index (χ0n) is 18.1. The lowest BCUT2D eigenvalue weighted by Crippen LogP contribution is -2.14. The number of rotatable bonds is 8. The fourth-order valence-electron chi connectivity index (χ4n) is 2.92. The van der Waals surface area contributed by atoms with Gasteiger partial charge in [0.2, 0.25) is 0 Å². The van der Waals surface area contributed by atoms with Crippen LogP contribution >= 0.6 is 39.1 Å². The van der Waals surface area contributed by atoms with Crippen molar-refractivity contribution in [2.45, 2.75) is 6.61 Å². The van der Waals surface area contributed by atoms with Crippen LogP contribution in [0.3, 0.4) is 0 Å². The number of anilines is 1. The lowest BCUT2D eigenvalue weighted by molar-refractivity contribution is -0.384. The van der Waals surface area contributed by atoms with Crippen LogP contribution in [0.15, 0.2) is 64.6 Å². The number of nitrogens with one attached hydrogen (secondary N) is 1. The number of carbonyl (C=O) groups excluding carboxylic acids is 1. The normalized spacial score (nSPS) is 10.9. The number of halogens is 3. The first-order valence-electron chi connectivity index (χ1n) is 9.83. The summed E-state index contributed by atoms with van der Waals surface area (Å²) in [6, 6.07) is 16.5. The highest BCUT2D eigenvalue weighted by Gasteiger charge is 2.18. The lowest BCUT2D eigenvalue weighted by atomic mass is 10.1. The molecule has 0 atom stereocenters. The van der Waals surface area contributed by atoms with Crippen LogP contribution in [0.5, 0.6) is 11.5 Å². The average Bonchev–Trinajstić information content (AvgIpc) is 2.84. The highest BCUT2D eigenvalue weighted by Crippen LogP contribution is 2.35. The summed E-state index contributed by atoms with van der Waals surface area (Å²) in [4.78, 5) is 22.9. The SMILES string of the molecule is COc1cc(/C=C(\C#N)C(=O)Nc2c(Cl)cc([N+](=O)[O-])cc2Cl)ccc1OCc1ccc(Br)cc1. The minimum Gasteiger partial charge on any atom is -0.493 e. The van der Waals surface area contributed by atoms with Crippen molar-refractivity contribution in [3.8, 4) is 17.6 Å². The lowest BCUT2D eigenvalue weighted by Gasteiger charge is -2.12. The molecule has 0 aromatic heterocycles. The summed E-state index contributed by atoms with van der Waals surface area (Å²) < 4.78 is 12.2. The second kappa shape index (κ2) is 11.7. The van der Waals surface area contributed by atoms with E-state index in [2.05, 4.69) is 21.2 Å². The topological polar surface area (TPSA) is 114 Å². The van der Waals surface area contributed by atoms with Crippen molar-refractivity contribution in [2.24, 2.45) is 0 Å². The molecule has 3 aromatic rings. The Hall–Kier alpha value is -3.58. The Morgan fingerprint density at radius 1 is 1.14 bits per heavy atom. The van der Waals surface area contributed by atoms with Gasteiger partial charge >= 0.3 is 0 Å². The molecule has 0 unspecified atom stereocenters. The smallest absolute Gasteiger partial charge is 0.272 e. The van der Waals surface area contributed by atoms with Crippen molar-refractivity contribution in [3.05, 3.63) is 95.9 Å². The molecular formula is C24H16BrCl2N3O5. The van der Waals surface area contributed by atoms with Gasteiger partial charge in [-0.2, -0.15) is 5.26 Å². The van der Waals surface area contributed by atoms with E-state index in [1.54, 1.807) is 18.2 Å². The Bertz CT molecular complexity index is 1330. The van der Waals surface area contributed by atoms with Gasteiger partial charge in [0.25, 0.3) is 11.6 Å². The molecule has 0 saturated heterocycles. The van der Waals surface area contributed by atoms with E-state index in [-0.39, 0.29) is 27.0 Å². The van der Waals surface area contributed by atoms with Gasteiger partial charge < -0.3 is 14.8 Å². The molecular weight excluding hydrogens is 561 g/mol. The van der Waals surface area contributed by atoms with Gasteiger partial charge in [-0.25, -0.2) is 0 Å². The molecule has 0 aliphatic carbocycles. The number of nitro benzene ring substituents is 1. The zero-order valence-corrected chi connectivity index (χ0v) is 21.1. The summed E-state index contributed by atoms with van der Waals surface area (Å²) in [6.45, 7) is 0.321. The molecule has 1 amide bonds. The quantitative estimate of drug-likeness (QED) is 0.136. The predicted molar refractivity (Wildman–Crippen MR) is 137 cm³/mol. The fourth-order valence-corrected chi connectivity index (χ4v) is 3.75. The van der Waals surface area contributed by atoms with E-state index in [9.17, 15) is 20.2 Å². The number of ether oxygens (including phenoxy) is 2. The maximum atomic E-state index is 12.7. The monoisotopic (exact) mass is 575 g/mol. The number of nitrogens with zero attached hydrogens (tertiary/aromatic N) is 2. The summed E-state index contributed by atoms with van der Waals surface area (Å²) in [5, 5.41) is 22.6. The third-order valence-electron chi connectivity index (χ3n) is 4.65. The standard InChI is InChI=1S/C24H16BrCl2N3O5/c1-34-22-9-15(4-7-21(22)35-13-14-2-5-17(25)6-3-14)8-16(12-28)24(31)29-23-19(26)10-18(30(32)33)11-20(23)27/h2-11H,13H2,1H3,(H,29,31)/b16-8+. The highest BCUT2D eigenvalue weighted by molar-refractivity contribution is 9.10. The molecule has 8 nitrogen and oxygen atoms in total. The highest BCUT2D eigenvalue weighted by atomic mass is 79.9. The van der Waals surface area contributed by atoms with Gasteiger partial charge in [0.05, 0.1) is 27.8 Å². The predicted octanol–water partition coefficient (Wildman–Crippen LogP) is 6.80. The van der Waals surface area contributed by atoms with E-state index in [0.717, 1.165) is 22.2 Å². The van der Waals surface area contributed by atoms with Crippen LogP contribution in [0.25, 0.3) is 6.08 Å². The van der Waals surface area contributed by atoms with Gasteiger partial charge in [0, 0.05) is 16.6 Å². The number of nitriles is 1.